The molecule has 17 heavy (non-hydrogen) atoms. The molecule has 0 aliphatic rings. The Kier molecular flexibility index (Phi) is 4.68. The van der Waals surface area contributed by atoms with E-state index in [9.17, 15) is 15.0 Å². The number of hydrogen-bond donors (Lipinski definition) is 3. The fourth-order valence-electron chi connectivity index (χ4n) is 1.28. The second-order valence-corrected chi connectivity index (χ2v) is 3.86. The van der Waals surface area contributed by atoms with Crippen LogP contribution < -0.4 is 5.73 Å². The van der Waals surface area contributed by atoms with Crippen LogP contribution in [0.3, 0.4) is 0 Å². The van der Waals surface area contributed by atoms with E-state index >= 15 is 0 Å². The molecule has 0 bridgehead atoms. The number of rotatable bonds is 4. The minimum atomic E-state index is -1.35. The highest BCUT2D eigenvalue weighted by Gasteiger charge is 2.24. The predicted octanol–water partition coefficient (Wildman–Crippen LogP) is 0.275. The number of aromatic nitrogens is 1. The number of anilines is 1. The lowest BCUT2D eigenvalue weighted by atomic mass is 10.0. The summed E-state index contributed by atoms with van der Waals surface area (Å²) in [4.78, 5) is 14.7. The van der Waals surface area contributed by atoms with Crippen LogP contribution in [0.4, 0.5) is 5.82 Å². The molecule has 0 aliphatic heterocycles. The van der Waals surface area contributed by atoms with Gasteiger partial charge < -0.3 is 20.7 Å². The number of methoxy groups -OCH3 is 1. The first kappa shape index (κ1) is 13.7. The standard InChI is InChI=1S/C10H13ClN2O4/c1-17-8(15)3-7(14)9(16)6-2-5(11)4-13-10(6)12/h2,4,7,9,14,16H,3H2,1H3,(H2,12,13). The largest absolute Gasteiger partial charge is 0.469 e. The molecule has 94 valence electrons. The predicted molar refractivity (Wildman–Crippen MR) is 61.3 cm³/mol. The van der Waals surface area contributed by atoms with Gasteiger partial charge in [-0.25, -0.2) is 4.98 Å². The molecule has 0 aliphatic carbocycles. The molecule has 1 aromatic heterocycles. The number of esters is 1. The molecule has 0 spiro atoms. The Morgan fingerprint density at radius 3 is 2.88 bits per heavy atom. The molecular weight excluding hydrogens is 248 g/mol. The Morgan fingerprint density at radius 1 is 1.65 bits per heavy atom. The highest BCUT2D eigenvalue weighted by molar-refractivity contribution is 6.30. The molecule has 6 nitrogen and oxygen atoms in total. The Balaban J connectivity index is 2.84. The van der Waals surface area contributed by atoms with E-state index in [4.69, 9.17) is 17.3 Å². The second-order valence-electron chi connectivity index (χ2n) is 3.42. The third-order valence-electron chi connectivity index (χ3n) is 2.20. The van der Waals surface area contributed by atoms with Crippen molar-refractivity contribution < 1.29 is 19.7 Å². The van der Waals surface area contributed by atoms with Gasteiger partial charge in [-0.3, -0.25) is 4.79 Å². The smallest absolute Gasteiger partial charge is 0.308 e. The average Bonchev–Trinajstić information content (AvgIpc) is 2.31. The fraction of sp³-hybridized carbons (Fsp3) is 0.400. The highest BCUT2D eigenvalue weighted by Crippen LogP contribution is 2.25. The molecule has 2 atom stereocenters. The van der Waals surface area contributed by atoms with Crippen molar-refractivity contribution in [3.8, 4) is 0 Å². The third-order valence-corrected chi connectivity index (χ3v) is 2.41. The number of aliphatic hydroxyl groups excluding tert-OH is 2. The van der Waals surface area contributed by atoms with Crippen LogP contribution >= 0.6 is 11.6 Å². The number of carbonyl (C=O) groups excluding carboxylic acids is 1. The first-order valence-corrected chi connectivity index (χ1v) is 5.17. The van der Waals surface area contributed by atoms with Gasteiger partial charge in [-0.05, 0) is 6.07 Å². The van der Waals surface area contributed by atoms with Crippen molar-refractivity contribution in [2.45, 2.75) is 18.6 Å². The van der Waals surface area contributed by atoms with Crippen LogP contribution in [0.1, 0.15) is 18.1 Å². The summed E-state index contributed by atoms with van der Waals surface area (Å²) < 4.78 is 4.38. The van der Waals surface area contributed by atoms with E-state index < -0.39 is 18.2 Å². The number of nitrogens with zero attached hydrogens (tertiary/aromatic N) is 1. The van der Waals surface area contributed by atoms with E-state index in [-0.39, 0.29) is 22.8 Å². The van der Waals surface area contributed by atoms with Gasteiger partial charge in [0.05, 0.1) is 24.7 Å². The molecule has 0 amide bonds. The molecule has 0 saturated carbocycles. The van der Waals surface area contributed by atoms with E-state index in [1.807, 2.05) is 0 Å². The summed E-state index contributed by atoms with van der Waals surface area (Å²) in [6.45, 7) is 0. The normalized spacial score (nSPS) is 14.1. The van der Waals surface area contributed by atoms with Gasteiger partial charge in [0.25, 0.3) is 0 Å². The maximum absolute atomic E-state index is 10.9. The van der Waals surface area contributed by atoms with Crippen molar-refractivity contribution in [2.24, 2.45) is 0 Å². The molecule has 2 unspecified atom stereocenters. The molecule has 0 radical (unpaired) electrons. The SMILES string of the molecule is COC(=O)CC(O)C(O)c1cc(Cl)cnc1N. The van der Waals surface area contributed by atoms with Gasteiger partial charge >= 0.3 is 5.97 Å². The van der Waals surface area contributed by atoms with Crippen molar-refractivity contribution in [2.75, 3.05) is 12.8 Å². The minimum absolute atomic E-state index is 0.0471. The van der Waals surface area contributed by atoms with Gasteiger partial charge in [0, 0.05) is 11.8 Å². The molecule has 0 aromatic carbocycles. The van der Waals surface area contributed by atoms with Crippen LogP contribution in [0.2, 0.25) is 5.02 Å². The topological polar surface area (TPSA) is 106 Å². The highest BCUT2D eigenvalue weighted by atomic mass is 35.5. The second kappa shape index (κ2) is 5.81. The van der Waals surface area contributed by atoms with Crippen molar-refractivity contribution in [3.63, 3.8) is 0 Å². The van der Waals surface area contributed by atoms with E-state index in [2.05, 4.69) is 9.72 Å². The maximum Gasteiger partial charge on any atom is 0.308 e. The summed E-state index contributed by atoms with van der Waals surface area (Å²) in [5.41, 5.74) is 5.71. The van der Waals surface area contributed by atoms with E-state index in [1.165, 1.54) is 19.4 Å². The van der Waals surface area contributed by atoms with Crippen LogP contribution in [0.5, 0.6) is 0 Å². The summed E-state index contributed by atoms with van der Waals surface area (Å²) in [5, 5.41) is 19.7. The van der Waals surface area contributed by atoms with Crippen molar-refractivity contribution in [1.29, 1.82) is 0 Å². The molecule has 0 fully saturated rings. The minimum Gasteiger partial charge on any atom is -0.469 e. The Hall–Kier alpha value is -1.37. The molecule has 4 N–H and O–H groups in total. The molecule has 1 rings (SSSR count). The molecular formula is C10H13ClN2O4. The number of pyridine rings is 1. The van der Waals surface area contributed by atoms with Gasteiger partial charge in [0.15, 0.2) is 0 Å². The van der Waals surface area contributed by atoms with Gasteiger partial charge in [-0.2, -0.15) is 0 Å². The molecule has 0 saturated heterocycles. The lowest BCUT2D eigenvalue weighted by molar-refractivity contribution is -0.144. The Labute approximate surface area is 103 Å². The first-order chi connectivity index (χ1) is 7.95. The summed E-state index contributed by atoms with van der Waals surface area (Å²) in [6.07, 6.45) is -1.70. The van der Waals surface area contributed by atoms with Crippen molar-refractivity contribution in [3.05, 3.63) is 22.8 Å². The molecule has 7 heteroatoms. The summed E-state index contributed by atoms with van der Waals surface area (Å²) in [6, 6.07) is 1.38. The van der Waals surface area contributed by atoms with E-state index in [1.54, 1.807) is 0 Å². The van der Waals surface area contributed by atoms with Gasteiger partial charge in [0.1, 0.15) is 11.9 Å². The fourth-order valence-corrected chi connectivity index (χ4v) is 1.44. The Morgan fingerprint density at radius 2 is 2.29 bits per heavy atom. The van der Waals surface area contributed by atoms with Crippen molar-refractivity contribution >= 4 is 23.4 Å². The number of halogens is 1. The average molecular weight is 261 g/mol. The monoisotopic (exact) mass is 260 g/mol. The summed E-state index contributed by atoms with van der Waals surface area (Å²) in [7, 11) is 1.19. The van der Waals surface area contributed by atoms with E-state index in [0.717, 1.165) is 0 Å². The van der Waals surface area contributed by atoms with Gasteiger partial charge in [-0.1, -0.05) is 11.6 Å². The quantitative estimate of drug-likeness (QED) is 0.671. The summed E-state index contributed by atoms with van der Waals surface area (Å²) >= 11 is 5.70. The maximum atomic E-state index is 10.9. The first-order valence-electron chi connectivity index (χ1n) is 4.79. The number of hydrogen-bond acceptors (Lipinski definition) is 6. The Bertz CT molecular complexity index is 413. The lowest BCUT2D eigenvalue weighted by Crippen LogP contribution is -2.23. The van der Waals surface area contributed by atoms with Crippen LogP contribution in [0.25, 0.3) is 0 Å². The van der Waals surface area contributed by atoms with Gasteiger partial charge in [-0.15, -0.1) is 0 Å². The third kappa shape index (κ3) is 3.55. The van der Waals surface area contributed by atoms with Crippen molar-refractivity contribution in [1.82, 2.24) is 4.98 Å². The zero-order valence-corrected chi connectivity index (χ0v) is 9.89. The zero-order valence-electron chi connectivity index (χ0n) is 9.13. The number of aliphatic hydroxyl groups is 2. The van der Waals surface area contributed by atoms with Gasteiger partial charge in [0.2, 0.25) is 0 Å². The van der Waals surface area contributed by atoms with Crippen LogP contribution in [-0.2, 0) is 9.53 Å². The lowest BCUT2D eigenvalue weighted by Gasteiger charge is -2.18. The van der Waals surface area contributed by atoms with Crippen LogP contribution in [-0.4, -0.2) is 34.4 Å². The molecule has 1 aromatic rings. The zero-order chi connectivity index (χ0) is 13.0. The number of nitrogen functional groups attached to an aromatic ring is 1. The van der Waals surface area contributed by atoms with E-state index in [0.29, 0.717) is 0 Å². The summed E-state index contributed by atoms with van der Waals surface area (Å²) in [5.74, 6) is -0.587. The number of nitrogens with two attached hydrogens (primary N) is 1. The molecule has 1 heterocycles. The number of ether oxygens (including phenoxy) is 1. The number of carbonyl (C=O) groups is 1. The van der Waals surface area contributed by atoms with Crippen LogP contribution in [0.15, 0.2) is 12.3 Å². The van der Waals surface area contributed by atoms with Crippen LogP contribution in [0, 0.1) is 0 Å².